The van der Waals surface area contributed by atoms with Gasteiger partial charge in [-0.3, -0.25) is 14.5 Å². The molecule has 3 aromatic rings. The molecular weight excluding hydrogens is 454 g/mol. The zero-order valence-electron chi connectivity index (χ0n) is 20.1. The molecule has 0 aliphatic carbocycles. The second-order valence-corrected chi connectivity index (χ2v) is 10.8. The molecule has 2 fully saturated rings. The van der Waals surface area contributed by atoms with Crippen LogP contribution in [0.25, 0.3) is 11.1 Å². The first-order valence-corrected chi connectivity index (χ1v) is 13.4. The number of amides is 2. The number of hydrogen-bond acceptors (Lipinski definition) is 4. The van der Waals surface area contributed by atoms with Gasteiger partial charge in [0.25, 0.3) is 0 Å². The minimum absolute atomic E-state index is 0.0977. The molecule has 5 rings (SSSR count). The van der Waals surface area contributed by atoms with Gasteiger partial charge in [-0.2, -0.15) is 0 Å². The minimum atomic E-state index is -0.331. The molecule has 1 atom stereocenters. The van der Waals surface area contributed by atoms with Crippen molar-refractivity contribution in [3.63, 3.8) is 0 Å². The zero-order valence-corrected chi connectivity index (χ0v) is 20.9. The van der Waals surface area contributed by atoms with E-state index in [2.05, 4.69) is 64.1 Å². The molecule has 2 aromatic carbocycles. The van der Waals surface area contributed by atoms with Crippen LogP contribution in [0.2, 0.25) is 0 Å². The van der Waals surface area contributed by atoms with Crippen LogP contribution in [0.4, 0.5) is 0 Å². The Morgan fingerprint density at radius 3 is 2.31 bits per heavy atom. The molecule has 5 nitrogen and oxygen atoms in total. The monoisotopic (exact) mass is 487 g/mol. The summed E-state index contributed by atoms with van der Waals surface area (Å²) in [5.74, 6) is 0.307. The number of thiophene rings is 1. The third kappa shape index (κ3) is 6.00. The summed E-state index contributed by atoms with van der Waals surface area (Å²) in [7, 11) is 0. The summed E-state index contributed by atoms with van der Waals surface area (Å²) < 4.78 is 0. The standard InChI is InChI=1S/C29H33N3O2S/c33-27-12-14-29(30-27,21-23-8-10-25(11-9-23)24-5-2-1-3-6-24)15-13-28(34)32-18-16-31(17-19-32)22-26-7-4-20-35-26/h1-11,20H,12-19,21-22H2,(H,30,33)/t29-/m1/s1. The van der Waals surface area contributed by atoms with Gasteiger partial charge in [0.05, 0.1) is 0 Å². The van der Waals surface area contributed by atoms with Gasteiger partial charge in [-0.05, 0) is 47.4 Å². The molecule has 0 saturated carbocycles. The van der Waals surface area contributed by atoms with Gasteiger partial charge in [0.2, 0.25) is 11.8 Å². The van der Waals surface area contributed by atoms with Gasteiger partial charge in [-0.1, -0.05) is 60.7 Å². The Morgan fingerprint density at radius 2 is 1.66 bits per heavy atom. The van der Waals surface area contributed by atoms with Crippen LogP contribution in [0.15, 0.2) is 72.1 Å². The van der Waals surface area contributed by atoms with Crippen LogP contribution < -0.4 is 5.32 Å². The van der Waals surface area contributed by atoms with Crippen molar-refractivity contribution in [3.05, 3.63) is 82.6 Å². The van der Waals surface area contributed by atoms with E-state index < -0.39 is 0 Å². The van der Waals surface area contributed by atoms with Crippen molar-refractivity contribution in [3.8, 4) is 11.1 Å². The molecule has 0 unspecified atom stereocenters. The topological polar surface area (TPSA) is 52.7 Å². The van der Waals surface area contributed by atoms with Crippen LogP contribution >= 0.6 is 11.3 Å². The lowest BCUT2D eigenvalue weighted by molar-refractivity contribution is -0.133. The number of hydrogen-bond donors (Lipinski definition) is 1. The number of nitrogens with one attached hydrogen (secondary N) is 1. The summed E-state index contributed by atoms with van der Waals surface area (Å²) in [5.41, 5.74) is 3.25. The maximum Gasteiger partial charge on any atom is 0.222 e. The summed E-state index contributed by atoms with van der Waals surface area (Å²) in [5, 5.41) is 5.35. The van der Waals surface area contributed by atoms with Crippen LogP contribution in [-0.4, -0.2) is 53.3 Å². The smallest absolute Gasteiger partial charge is 0.222 e. The molecule has 6 heteroatoms. The molecule has 2 aliphatic rings. The van der Waals surface area contributed by atoms with Gasteiger partial charge in [-0.15, -0.1) is 11.3 Å². The Morgan fingerprint density at radius 1 is 0.914 bits per heavy atom. The van der Waals surface area contributed by atoms with Crippen LogP contribution in [0.5, 0.6) is 0 Å². The van der Waals surface area contributed by atoms with Crippen molar-refractivity contribution in [1.29, 1.82) is 0 Å². The second-order valence-electron chi connectivity index (χ2n) is 9.80. The molecule has 0 bridgehead atoms. The van der Waals surface area contributed by atoms with E-state index in [-0.39, 0.29) is 17.4 Å². The Bertz CT molecular complexity index is 1120. The summed E-state index contributed by atoms with van der Waals surface area (Å²) in [6.07, 6.45) is 3.25. The largest absolute Gasteiger partial charge is 0.350 e. The molecule has 35 heavy (non-hydrogen) atoms. The SMILES string of the molecule is O=C1CC[C@@](CCC(=O)N2CCN(Cc3cccs3)CC2)(Cc2ccc(-c3ccccc3)cc2)N1. The zero-order chi connectivity index (χ0) is 24.1. The summed E-state index contributed by atoms with van der Waals surface area (Å²) in [6, 6.07) is 23.2. The third-order valence-electron chi connectivity index (χ3n) is 7.34. The number of carbonyl (C=O) groups excluding carboxylic acids is 2. The van der Waals surface area contributed by atoms with Crippen molar-refractivity contribution >= 4 is 23.2 Å². The predicted molar refractivity (Wildman–Crippen MR) is 141 cm³/mol. The lowest BCUT2D eigenvalue weighted by Crippen LogP contribution is -2.49. The summed E-state index contributed by atoms with van der Waals surface area (Å²) in [6.45, 7) is 4.37. The lowest BCUT2D eigenvalue weighted by atomic mass is 9.84. The number of piperazine rings is 1. The van der Waals surface area contributed by atoms with Crippen molar-refractivity contribution in [2.24, 2.45) is 0 Å². The first kappa shape index (κ1) is 23.8. The van der Waals surface area contributed by atoms with Gasteiger partial charge in [-0.25, -0.2) is 0 Å². The molecule has 1 aromatic heterocycles. The van der Waals surface area contributed by atoms with Crippen molar-refractivity contribution in [2.75, 3.05) is 26.2 Å². The predicted octanol–water partition coefficient (Wildman–Crippen LogP) is 4.73. The molecule has 2 aliphatic heterocycles. The van der Waals surface area contributed by atoms with Gasteiger partial charge >= 0.3 is 0 Å². The number of benzene rings is 2. The molecule has 182 valence electrons. The van der Waals surface area contributed by atoms with E-state index in [1.165, 1.54) is 21.6 Å². The Kier molecular flexibility index (Phi) is 7.30. The molecule has 2 amide bonds. The van der Waals surface area contributed by atoms with Crippen LogP contribution in [0.1, 0.15) is 36.1 Å². The third-order valence-corrected chi connectivity index (χ3v) is 8.20. The molecule has 1 N–H and O–H groups in total. The fourth-order valence-electron chi connectivity index (χ4n) is 5.30. The number of carbonyl (C=O) groups is 2. The quantitative estimate of drug-likeness (QED) is 0.500. The Balaban J connectivity index is 1.16. The van der Waals surface area contributed by atoms with Crippen LogP contribution in [0.3, 0.4) is 0 Å². The van der Waals surface area contributed by atoms with Gasteiger partial charge in [0.15, 0.2) is 0 Å². The summed E-state index contributed by atoms with van der Waals surface area (Å²) in [4.78, 5) is 31.0. The average molecular weight is 488 g/mol. The van der Waals surface area contributed by atoms with Crippen molar-refractivity contribution in [2.45, 2.75) is 44.2 Å². The Labute approximate surface area is 211 Å². The molecular formula is C29H33N3O2S. The number of nitrogens with zero attached hydrogens (tertiary/aromatic N) is 2. The minimum Gasteiger partial charge on any atom is -0.350 e. The summed E-state index contributed by atoms with van der Waals surface area (Å²) >= 11 is 1.79. The van der Waals surface area contributed by atoms with E-state index in [0.29, 0.717) is 19.3 Å². The first-order chi connectivity index (χ1) is 17.1. The first-order valence-electron chi connectivity index (χ1n) is 12.6. The molecule has 0 radical (unpaired) electrons. The van der Waals surface area contributed by atoms with E-state index >= 15 is 0 Å². The van der Waals surface area contributed by atoms with Gasteiger partial charge in [0, 0.05) is 56.0 Å². The number of rotatable bonds is 8. The second kappa shape index (κ2) is 10.8. The molecule has 0 spiro atoms. The van der Waals surface area contributed by atoms with E-state index in [9.17, 15) is 9.59 Å². The average Bonchev–Trinajstić information content (AvgIpc) is 3.54. The highest BCUT2D eigenvalue weighted by molar-refractivity contribution is 7.09. The van der Waals surface area contributed by atoms with Gasteiger partial charge < -0.3 is 10.2 Å². The van der Waals surface area contributed by atoms with E-state index in [0.717, 1.165) is 45.6 Å². The van der Waals surface area contributed by atoms with Crippen molar-refractivity contribution < 1.29 is 9.59 Å². The van der Waals surface area contributed by atoms with Crippen molar-refractivity contribution in [1.82, 2.24) is 15.1 Å². The maximum atomic E-state index is 13.1. The fraction of sp³-hybridized carbons (Fsp3) is 0.379. The Hall–Kier alpha value is -2.96. The van der Waals surface area contributed by atoms with E-state index in [4.69, 9.17) is 0 Å². The highest BCUT2D eigenvalue weighted by atomic mass is 32.1. The highest BCUT2D eigenvalue weighted by Crippen LogP contribution is 2.31. The molecule has 2 saturated heterocycles. The van der Waals surface area contributed by atoms with Gasteiger partial charge in [0.1, 0.15) is 0 Å². The van der Waals surface area contributed by atoms with Crippen LogP contribution in [0, 0.1) is 0 Å². The van der Waals surface area contributed by atoms with E-state index in [1.54, 1.807) is 11.3 Å². The maximum absolute atomic E-state index is 13.1. The normalized spacial score (nSPS) is 20.7. The lowest BCUT2D eigenvalue weighted by Gasteiger charge is -2.35. The highest BCUT2D eigenvalue weighted by Gasteiger charge is 2.38. The van der Waals surface area contributed by atoms with Crippen LogP contribution in [-0.2, 0) is 22.6 Å². The molecule has 3 heterocycles. The van der Waals surface area contributed by atoms with E-state index in [1.807, 2.05) is 23.1 Å². The fourth-order valence-corrected chi connectivity index (χ4v) is 6.05.